The average Bonchev–Trinajstić information content (AvgIpc) is 3.40. The van der Waals surface area contributed by atoms with Crippen molar-refractivity contribution in [1.29, 1.82) is 0 Å². The first-order valence-electron chi connectivity index (χ1n) is 10.1. The lowest BCUT2D eigenvalue weighted by Gasteiger charge is -2.18. The first-order valence-corrected chi connectivity index (χ1v) is 10.1. The third-order valence-electron chi connectivity index (χ3n) is 5.23. The largest absolute Gasteiger partial charge is 0.503 e. The highest BCUT2D eigenvalue weighted by Crippen LogP contribution is 2.45. The van der Waals surface area contributed by atoms with Gasteiger partial charge in [-0.3, -0.25) is 9.36 Å². The molecular formula is C25H24N2O5. The summed E-state index contributed by atoms with van der Waals surface area (Å²) in [5.74, 6) is -0.571. The third kappa shape index (κ3) is 3.62. The Hall–Kier alpha value is -4.00. The van der Waals surface area contributed by atoms with Gasteiger partial charge in [-0.05, 0) is 24.3 Å². The van der Waals surface area contributed by atoms with Crippen molar-refractivity contribution >= 4 is 5.78 Å². The zero-order chi connectivity index (χ0) is 23.0. The molecule has 0 aliphatic heterocycles. The van der Waals surface area contributed by atoms with Gasteiger partial charge in [0.25, 0.3) is 0 Å². The van der Waals surface area contributed by atoms with Crippen LogP contribution in [0.4, 0.5) is 0 Å². The highest BCUT2D eigenvalue weighted by atomic mass is 16.5. The molecule has 0 fully saturated rings. The number of carbonyl (C=O) groups is 1. The maximum Gasteiger partial charge on any atom is 0.240 e. The van der Waals surface area contributed by atoms with E-state index >= 15 is 0 Å². The highest BCUT2D eigenvalue weighted by molar-refractivity contribution is 6.08. The lowest BCUT2D eigenvalue weighted by molar-refractivity contribution is 0.0856. The molecule has 0 saturated heterocycles. The fourth-order valence-electron chi connectivity index (χ4n) is 3.58. The normalized spacial score (nSPS) is 11.5. The van der Waals surface area contributed by atoms with Crippen LogP contribution >= 0.6 is 0 Å². The summed E-state index contributed by atoms with van der Waals surface area (Å²) in [6.45, 7) is 5.31. The van der Waals surface area contributed by atoms with Gasteiger partial charge in [0.1, 0.15) is 17.7 Å². The summed E-state index contributed by atoms with van der Waals surface area (Å²) >= 11 is 0. The van der Waals surface area contributed by atoms with Crippen LogP contribution in [0.25, 0.3) is 28.2 Å². The van der Waals surface area contributed by atoms with E-state index in [1.165, 1.54) is 10.8 Å². The van der Waals surface area contributed by atoms with Gasteiger partial charge in [-0.2, -0.15) is 0 Å². The molecule has 7 heteroatoms. The molecule has 0 radical (unpaired) electrons. The molecule has 0 amide bonds. The van der Waals surface area contributed by atoms with Crippen molar-refractivity contribution < 1.29 is 24.3 Å². The Morgan fingerprint density at radius 1 is 1.03 bits per heavy atom. The predicted octanol–water partition coefficient (Wildman–Crippen LogP) is 5.45. The molecule has 2 heterocycles. The van der Waals surface area contributed by atoms with Crippen LogP contribution in [0.1, 0.15) is 31.1 Å². The molecule has 2 aromatic heterocycles. The number of methoxy groups -OCH3 is 1. The summed E-state index contributed by atoms with van der Waals surface area (Å²) in [5, 5.41) is 25.7. The van der Waals surface area contributed by atoms with Gasteiger partial charge in [0.15, 0.2) is 11.5 Å². The third-order valence-corrected chi connectivity index (χ3v) is 5.23. The average molecular weight is 432 g/mol. The number of benzene rings is 2. The van der Waals surface area contributed by atoms with Gasteiger partial charge in [0.2, 0.25) is 5.88 Å². The summed E-state index contributed by atoms with van der Waals surface area (Å²) in [6, 6.07) is 16.1. The molecule has 0 unspecified atom stereocenters. The number of aromatic hydroxyl groups is 2. The molecule has 2 aromatic carbocycles. The second-order valence-corrected chi connectivity index (χ2v) is 8.47. The van der Waals surface area contributed by atoms with Gasteiger partial charge >= 0.3 is 0 Å². The molecule has 0 spiro atoms. The van der Waals surface area contributed by atoms with E-state index in [0.29, 0.717) is 28.4 Å². The quantitative estimate of drug-likeness (QED) is 0.407. The summed E-state index contributed by atoms with van der Waals surface area (Å²) in [4.78, 5) is 13.3. The lowest BCUT2D eigenvalue weighted by Crippen LogP contribution is -2.20. The predicted molar refractivity (Wildman–Crippen MR) is 120 cm³/mol. The van der Waals surface area contributed by atoms with E-state index in [0.717, 1.165) is 5.56 Å². The SMILES string of the molecule is COc1cccc(-c2c(C(=O)C(C)(C)C)c(O)c(O)n2-c2ccc(-c3ccon3)cc2)c1. The highest BCUT2D eigenvalue weighted by Gasteiger charge is 2.34. The Labute approximate surface area is 185 Å². The monoisotopic (exact) mass is 432 g/mol. The zero-order valence-corrected chi connectivity index (χ0v) is 18.3. The maximum absolute atomic E-state index is 13.3. The van der Waals surface area contributed by atoms with Crippen LogP contribution in [0.3, 0.4) is 0 Å². The van der Waals surface area contributed by atoms with Crippen LogP contribution in [0, 0.1) is 5.41 Å². The minimum atomic E-state index is -0.777. The number of carbonyl (C=O) groups excluding carboxylic acids is 1. The van der Waals surface area contributed by atoms with E-state index in [9.17, 15) is 15.0 Å². The number of ketones is 1. The van der Waals surface area contributed by atoms with E-state index in [1.54, 1.807) is 70.3 Å². The number of hydrogen-bond donors (Lipinski definition) is 2. The fraction of sp³-hybridized carbons (Fsp3) is 0.200. The Morgan fingerprint density at radius 2 is 1.75 bits per heavy atom. The molecule has 0 aliphatic rings. The van der Waals surface area contributed by atoms with Crippen LogP contribution in [0.15, 0.2) is 65.4 Å². The summed E-state index contributed by atoms with van der Waals surface area (Å²) in [5.41, 5.74) is 2.35. The molecule has 4 rings (SSSR count). The molecule has 7 nitrogen and oxygen atoms in total. The smallest absolute Gasteiger partial charge is 0.240 e. The number of Topliss-reactive ketones (excluding diaryl/α,β-unsaturated/α-hetero) is 1. The first-order chi connectivity index (χ1) is 15.2. The van der Waals surface area contributed by atoms with Gasteiger partial charge in [-0.15, -0.1) is 0 Å². The van der Waals surface area contributed by atoms with E-state index < -0.39 is 17.0 Å². The van der Waals surface area contributed by atoms with E-state index in [2.05, 4.69) is 5.16 Å². The molecule has 164 valence electrons. The molecular weight excluding hydrogens is 408 g/mol. The Kier molecular flexibility index (Phi) is 5.26. The van der Waals surface area contributed by atoms with Crippen molar-refractivity contribution in [3.63, 3.8) is 0 Å². The minimum Gasteiger partial charge on any atom is -0.503 e. The van der Waals surface area contributed by atoms with Crippen LogP contribution in [0.5, 0.6) is 17.4 Å². The molecule has 0 atom stereocenters. The van der Waals surface area contributed by atoms with Crippen LogP contribution in [-0.2, 0) is 0 Å². The van der Waals surface area contributed by atoms with Gasteiger partial charge < -0.3 is 19.5 Å². The van der Waals surface area contributed by atoms with Crippen molar-refractivity contribution in [2.24, 2.45) is 5.41 Å². The number of ether oxygens (including phenoxy) is 1. The second kappa shape index (κ2) is 7.92. The number of rotatable bonds is 5. The fourth-order valence-corrected chi connectivity index (χ4v) is 3.58. The number of nitrogens with zero attached hydrogens (tertiary/aromatic N) is 2. The van der Waals surface area contributed by atoms with Gasteiger partial charge in [0.05, 0.1) is 18.4 Å². The van der Waals surface area contributed by atoms with Crippen molar-refractivity contribution in [1.82, 2.24) is 9.72 Å². The number of hydrogen-bond acceptors (Lipinski definition) is 6. The van der Waals surface area contributed by atoms with Gasteiger partial charge in [-0.25, -0.2) is 0 Å². The van der Waals surface area contributed by atoms with Crippen LogP contribution in [-0.4, -0.2) is 32.8 Å². The minimum absolute atomic E-state index is 0.0591. The standard InChI is InChI=1S/C25H24N2O5/c1-25(2,3)23(29)20-21(16-6-5-7-18(14-16)31-4)27(24(30)22(20)28)17-10-8-15(9-11-17)19-12-13-32-26-19/h5-14,28,30H,1-4H3. The zero-order valence-electron chi connectivity index (χ0n) is 18.3. The molecule has 4 aromatic rings. The van der Waals surface area contributed by atoms with Crippen molar-refractivity contribution in [2.75, 3.05) is 7.11 Å². The van der Waals surface area contributed by atoms with Gasteiger partial charge in [-0.1, -0.05) is 50.2 Å². The molecule has 0 saturated carbocycles. The topological polar surface area (TPSA) is 97.7 Å². The Morgan fingerprint density at radius 3 is 2.34 bits per heavy atom. The van der Waals surface area contributed by atoms with Crippen molar-refractivity contribution in [3.8, 4) is 45.6 Å². The molecule has 0 aliphatic carbocycles. The van der Waals surface area contributed by atoms with E-state index in [-0.39, 0.29) is 11.3 Å². The Balaban J connectivity index is 1.97. The summed E-state index contributed by atoms with van der Waals surface area (Å²) < 4.78 is 11.7. The molecule has 2 N–H and O–H groups in total. The van der Waals surface area contributed by atoms with Crippen LogP contribution < -0.4 is 4.74 Å². The van der Waals surface area contributed by atoms with E-state index in [4.69, 9.17) is 9.26 Å². The van der Waals surface area contributed by atoms with Gasteiger partial charge in [0, 0.05) is 28.3 Å². The summed E-state index contributed by atoms with van der Waals surface area (Å²) in [6.07, 6.45) is 1.49. The second-order valence-electron chi connectivity index (χ2n) is 8.47. The van der Waals surface area contributed by atoms with E-state index in [1.807, 2.05) is 12.1 Å². The summed E-state index contributed by atoms with van der Waals surface area (Å²) in [7, 11) is 1.55. The molecule has 0 bridgehead atoms. The number of aromatic nitrogens is 2. The maximum atomic E-state index is 13.3. The van der Waals surface area contributed by atoms with Crippen molar-refractivity contribution in [3.05, 3.63) is 66.4 Å². The van der Waals surface area contributed by atoms with Crippen molar-refractivity contribution in [2.45, 2.75) is 20.8 Å². The molecule has 32 heavy (non-hydrogen) atoms. The first kappa shape index (κ1) is 21.2. The van der Waals surface area contributed by atoms with Crippen LogP contribution in [0.2, 0.25) is 0 Å². The Bertz CT molecular complexity index is 1260. The lowest BCUT2D eigenvalue weighted by atomic mass is 9.85.